The molecule has 5 heteroatoms. The fourth-order valence-electron chi connectivity index (χ4n) is 3.42. The maximum absolute atomic E-state index is 12.6. The molecule has 28 heavy (non-hydrogen) atoms. The van der Waals surface area contributed by atoms with Crippen molar-refractivity contribution in [3.05, 3.63) is 93.1 Å². The molecule has 1 N–H and O–H groups in total. The third-order valence-corrected chi connectivity index (χ3v) is 5.78. The number of nitrogens with zero attached hydrogens (tertiary/aromatic N) is 1. The number of rotatable bonds is 4. The van der Waals surface area contributed by atoms with Gasteiger partial charge in [0.05, 0.1) is 12.1 Å². The zero-order chi connectivity index (χ0) is 19.5. The predicted molar refractivity (Wildman–Crippen MR) is 120 cm³/mol. The molecule has 0 spiro atoms. The molecule has 140 valence electrons. The number of benzene rings is 3. The van der Waals surface area contributed by atoms with Gasteiger partial charge < -0.3 is 10.2 Å². The average molecular weight is 482 g/mol. The standard InChI is InChI=1S/C23H19IN2O2/c24-20-9-5-4-8-19(20)23(28)25-18-11-12-21-17(14-18)10-13-22(27)26(21)15-16-6-2-1-3-7-16/h1-9,11-12,14H,10,13,15H2,(H,25,28). The molecule has 3 aromatic rings. The van der Waals surface area contributed by atoms with Gasteiger partial charge in [0, 0.05) is 21.4 Å². The minimum atomic E-state index is -0.127. The van der Waals surface area contributed by atoms with Crippen molar-refractivity contribution in [2.45, 2.75) is 19.4 Å². The molecule has 2 amide bonds. The predicted octanol–water partition coefficient (Wildman–Crippen LogP) is 5.02. The molecule has 4 nitrogen and oxygen atoms in total. The summed E-state index contributed by atoms with van der Waals surface area (Å²) in [5.74, 6) is 0.00459. The Bertz CT molecular complexity index is 1030. The second-order valence-electron chi connectivity index (χ2n) is 6.74. The summed E-state index contributed by atoms with van der Waals surface area (Å²) in [5.41, 5.74) is 4.50. The van der Waals surface area contributed by atoms with Crippen LogP contribution >= 0.6 is 22.6 Å². The molecular weight excluding hydrogens is 463 g/mol. The van der Waals surface area contributed by atoms with Gasteiger partial charge in [-0.3, -0.25) is 9.59 Å². The monoisotopic (exact) mass is 482 g/mol. The number of hydrogen-bond donors (Lipinski definition) is 1. The smallest absolute Gasteiger partial charge is 0.256 e. The van der Waals surface area contributed by atoms with E-state index in [4.69, 9.17) is 0 Å². The Morgan fingerprint density at radius 1 is 0.964 bits per heavy atom. The van der Waals surface area contributed by atoms with Crippen LogP contribution in [0, 0.1) is 3.57 Å². The molecule has 0 saturated carbocycles. The van der Waals surface area contributed by atoms with E-state index >= 15 is 0 Å². The van der Waals surface area contributed by atoms with Crippen molar-refractivity contribution in [1.82, 2.24) is 0 Å². The summed E-state index contributed by atoms with van der Waals surface area (Å²) in [6.07, 6.45) is 1.17. The number of fused-ring (bicyclic) bond motifs is 1. The first kappa shape index (κ1) is 18.7. The zero-order valence-corrected chi connectivity index (χ0v) is 17.3. The van der Waals surface area contributed by atoms with Gasteiger partial charge in [-0.25, -0.2) is 0 Å². The molecule has 0 aliphatic carbocycles. The summed E-state index contributed by atoms with van der Waals surface area (Å²) in [4.78, 5) is 26.9. The van der Waals surface area contributed by atoms with Gasteiger partial charge in [0.2, 0.25) is 5.91 Å². The Morgan fingerprint density at radius 3 is 2.50 bits per heavy atom. The van der Waals surface area contributed by atoms with Crippen molar-refractivity contribution in [1.29, 1.82) is 0 Å². The van der Waals surface area contributed by atoms with Crippen LogP contribution in [0.5, 0.6) is 0 Å². The lowest BCUT2D eigenvalue weighted by Gasteiger charge is -2.30. The van der Waals surface area contributed by atoms with Gasteiger partial charge in [-0.05, 0) is 70.5 Å². The van der Waals surface area contributed by atoms with Crippen molar-refractivity contribution >= 4 is 45.8 Å². The molecule has 3 aromatic carbocycles. The molecule has 4 rings (SSSR count). The molecule has 0 fully saturated rings. The summed E-state index contributed by atoms with van der Waals surface area (Å²) in [6, 6.07) is 23.3. The Labute approximate surface area is 177 Å². The van der Waals surface area contributed by atoms with E-state index in [0.29, 0.717) is 24.9 Å². The van der Waals surface area contributed by atoms with Crippen LogP contribution in [0.4, 0.5) is 11.4 Å². The Hall–Kier alpha value is -2.67. The van der Waals surface area contributed by atoms with E-state index in [1.165, 1.54) is 0 Å². The minimum absolute atomic E-state index is 0.127. The van der Waals surface area contributed by atoms with E-state index in [1.54, 1.807) is 0 Å². The van der Waals surface area contributed by atoms with Gasteiger partial charge in [-0.2, -0.15) is 0 Å². The zero-order valence-electron chi connectivity index (χ0n) is 15.2. The minimum Gasteiger partial charge on any atom is -0.322 e. The molecule has 0 saturated heterocycles. The third-order valence-electron chi connectivity index (χ3n) is 4.84. The first-order chi connectivity index (χ1) is 13.6. The summed E-state index contributed by atoms with van der Waals surface area (Å²) in [7, 11) is 0. The number of hydrogen-bond acceptors (Lipinski definition) is 2. The molecule has 0 radical (unpaired) electrons. The maximum atomic E-state index is 12.6. The maximum Gasteiger partial charge on any atom is 0.256 e. The van der Waals surface area contributed by atoms with Gasteiger partial charge in [-0.15, -0.1) is 0 Å². The van der Waals surface area contributed by atoms with E-state index in [-0.39, 0.29) is 11.8 Å². The number of amides is 2. The molecule has 0 unspecified atom stereocenters. The Balaban J connectivity index is 1.57. The van der Waals surface area contributed by atoms with Crippen LogP contribution < -0.4 is 10.2 Å². The number of aryl methyl sites for hydroxylation is 1. The number of nitrogens with one attached hydrogen (secondary N) is 1. The molecule has 1 aliphatic heterocycles. The van der Waals surface area contributed by atoms with Crippen molar-refractivity contribution in [3.63, 3.8) is 0 Å². The molecule has 1 aliphatic rings. The Morgan fingerprint density at radius 2 is 1.71 bits per heavy atom. The second kappa shape index (κ2) is 8.14. The number of carbonyl (C=O) groups is 2. The van der Waals surface area contributed by atoms with Gasteiger partial charge >= 0.3 is 0 Å². The average Bonchev–Trinajstić information content (AvgIpc) is 2.71. The van der Waals surface area contributed by atoms with Gasteiger partial charge in [-0.1, -0.05) is 42.5 Å². The lowest BCUT2D eigenvalue weighted by Crippen LogP contribution is -2.34. The number of halogens is 1. The lowest BCUT2D eigenvalue weighted by atomic mass is 9.99. The second-order valence-corrected chi connectivity index (χ2v) is 7.91. The Kier molecular flexibility index (Phi) is 5.43. The quantitative estimate of drug-likeness (QED) is 0.531. The summed E-state index contributed by atoms with van der Waals surface area (Å²) in [5, 5.41) is 2.98. The SMILES string of the molecule is O=C(Nc1ccc2c(c1)CCC(=O)N2Cc1ccccc1)c1ccccc1I. The van der Waals surface area contributed by atoms with Crippen molar-refractivity contribution in [2.75, 3.05) is 10.2 Å². The topological polar surface area (TPSA) is 49.4 Å². The molecule has 0 aromatic heterocycles. The van der Waals surface area contributed by atoms with E-state index in [9.17, 15) is 9.59 Å². The third kappa shape index (κ3) is 3.94. The summed E-state index contributed by atoms with van der Waals surface area (Å²) < 4.78 is 0.912. The van der Waals surface area contributed by atoms with E-state index in [1.807, 2.05) is 77.7 Å². The first-order valence-electron chi connectivity index (χ1n) is 9.15. The highest BCUT2D eigenvalue weighted by atomic mass is 127. The summed E-state index contributed by atoms with van der Waals surface area (Å²) in [6.45, 7) is 0.556. The van der Waals surface area contributed by atoms with Crippen LogP contribution in [0.1, 0.15) is 27.9 Å². The molecule has 0 atom stereocenters. The van der Waals surface area contributed by atoms with E-state index < -0.39 is 0 Å². The fraction of sp³-hybridized carbons (Fsp3) is 0.130. The highest BCUT2D eigenvalue weighted by Crippen LogP contribution is 2.31. The van der Waals surface area contributed by atoms with Crippen molar-refractivity contribution in [2.24, 2.45) is 0 Å². The lowest BCUT2D eigenvalue weighted by molar-refractivity contribution is -0.119. The normalized spacial score (nSPS) is 13.2. The molecular formula is C23H19IN2O2. The van der Waals surface area contributed by atoms with Gasteiger partial charge in [0.25, 0.3) is 5.91 Å². The van der Waals surface area contributed by atoms with Crippen LogP contribution in [0.25, 0.3) is 0 Å². The first-order valence-corrected chi connectivity index (χ1v) is 10.2. The highest BCUT2D eigenvalue weighted by Gasteiger charge is 2.24. The molecule has 1 heterocycles. The van der Waals surface area contributed by atoms with Crippen molar-refractivity contribution < 1.29 is 9.59 Å². The number of anilines is 2. The van der Waals surface area contributed by atoms with E-state index in [2.05, 4.69) is 27.9 Å². The highest BCUT2D eigenvalue weighted by molar-refractivity contribution is 14.1. The van der Waals surface area contributed by atoms with Crippen LogP contribution in [-0.4, -0.2) is 11.8 Å². The van der Waals surface area contributed by atoms with Crippen LogP contribution in [-0.2, 0) is 17.8 Å². The van der Waals surface area contributed by atoms with Gasteiger partial charge in [0.15, 0.2) is 0 Å². The van der Waals surface area contributed by atoms with Crippen LogP contribution in [0.3, 0.4) is 0 Å². The van der Waals surface area contributed by atoms with Crippen LogP contribution in [0.15, 0.2) is 72.8 Å². The van der Waals surface area contributed by atoms with Gasteiger partial charge in [0.1, 0.15) is 0 Å². The summed E-state index contributed by atoms with van der Waals surface area (Å²) >= 11 is 2.16. The fourth-order valence-corrected chi connectivity index (χ4v) is 4.05. The van der Waals surface area contributed by atoms with Crippen LogP contribution in [0.2, 0.25) is 0 Å². The van der Waals surface area contributed by atoms with E-state index in [0.717, 1.165) is 26.1 Å². The largest absolute Gasteiger partial charge is 0.322 e. The number of carbonyl (C=O) groups excluding carboxylic acids is 2. The molecule has 0 bridgehead atoms. The van der Waals surface area contributed by atoms with Crippen molar-refractivity contribution in [3.8, 4) is 0 Å².